The quantitative estimate of drug-likeness (QED) is 0.637. The minimum absolute atomic E-state index is 0.270. The van der Waals surface area contributed by atoms with Crippen LogP contribution in [0, 0.1) is 0 Å². The zero-order chi connectivity index (χ0) is 20.1. The lowest BCUT2D eigenvalue weighted by Crippen LogP contribution is -2.12. The smallest absolute Gasteiger partial charge is 0.416 e. The molecule has 1 N–H and O–H groups in total. The van der Waals surface area contributed by atoms with Crippen LogP contribution >= 0.6 is 0 Å². The van der Waals surface area contributed by atoms with Crippen LogP contribution < -0.4 is 10.1 Å². The fraction of sp³-hybridized carbons (Fsp3) is 0.143. The molecule has 2 aromatic carbocycles. The van der Waals surface area contributed by atoms with Gasteiger partial charge in [-0.2, -0.15) is 13.2 Å². The van der Waals surface area contributed by atoms with Crippen molar-refractivity contribution in [3.05, 3.63) is 78.0 Å². The molecule has 3 rings (SSSR count). The second kappa shape index (κ2) is 8.12. The number of nitrogens with zero attached hydrogens (tertiary/aromatic N) is 1. The van der Waals surface area contributed by atoms with Crippen LogP contribution in [0.2, 0.25) is 0 Å². The number of hydrogen-bond acceptors (Lipinski definition) is 3. The zero-order valence-corrected chi connectivity index (χ0v) is 15.0. The normalized spacial score (nSPS) is 11.1. The molecule has 144 valence electrons. The summed E-state index contributed by atoms with van der Waals surface area (Å²) in [5, 5.41) is 2.56. The Morgan fingerprint density at radius 3 is 2.43 bits per heavy atom. The van der Waals surface area contributed by atoms with Crippen molar-refractivity contribution in [3.63, 3.8) is 0 Å². The van der Waals surface area contributed by atoms with Gasteiger partial charge >= 0.3 is 6.18 Å². The Bertz CT molecular complexity index is 953. The van der Waals surface area contributed by atoms with Crippen LogP contribution in [0.3, 0.4) is 0 Å². The maximum Gasteiger partial charge on any atom is 0.416 e. The summed E-state index contributed by atoms with van der Waals surface area (Å²) in [6, 6.07) is 15.0. The van der Waals surface area contributed by atoms with Gasteiger partial charge in [0.15, 0.2) is 0 Å². The van der Waals surface area contributed by atoms with Gasteiger partial charge in [-0.1, -0.05) is 12.1 Å². The van der Waals surface area contributed by atoms with Gasteiger partial charge in [0.05, 0.1) is 23.4 Å². The lowest BCUT2D eigenvalue weighted by Gasteiger charge is -2.09. The Hall–Kier alpha value is -3.35. The molecule has 0 unspecified atom stereocenters. The first-order valence-corrected chi connectivity index (χ1v) is 8.54. The number of pyridine rings is 1. The fourth-order valence-electron chi connectivity index (χ4n) is 2.56. The number of anilines is 1. The summed E-state index contributed by atoms with van der Waals surface area (Å²) in [4.78, 5) is 16.6. The van der Waals surface area contributed by atoms with Gasteiger partial charge in [0, 0.05) is 17.4 Å². The van der Waals surface area contributed by atoms with Crippen molar-refractivity contribution in [3.8, 4) is 17.0 Å². The Kier molecular flexibility index (Phi) is 5.63. The van der Waals surface area contributed by atoms with E-state index < -0.39 is 17.6 Å². The van der Waals surface area contributed by atoms with Gasteiger partial charge in [0.1, 0.15) is 5.75 Å². The molecule has 0 radical (unpaired) electrons. The number of amides is 1. The molecule has 4 nitrogen and oxygen atoms in total. The van der Waals surface area contributed by atoms with Gasteiger partial charge < -0.3 is 10.1 Å². The molecular formula is C21H17F3N2O2. The molecule has 3 aromatic rings. The highest BCUT2D eigenvalue weighted by Crippen LogP contribution is 2.30. The third kappa shape index (κ3) is 4.68. The SMILES string of the molecule is CCOc1cccc(-c2ccc(C(=O)Nc3ccc(C(F)(F)F)cc3)cn2)c1. The summed E-state index contributed by atoms with van der Waals surface area (Å²) in [5.74, 6) is 0.271. The van der Waals surface area contributed by atoms with Crippen molar-refractivity contribution >= 4 is 11.6 Å². The van der Waals surface area contributed by atoms with Crippen molar-refractivity contribution in [1.29, 1.82) is 0 Å². The number of carbonyl (C=O) groups is 1. The van der Waals surface area contributed by atoms with Crippen LogP contribution in [0.1, 0.15) is 22.8 Å². The van der Waals surface area contributed by atoms with E-state index in [1.54, 1.807) is 12.1 Å². The molecule has 1 aromatic heterocycles. The third-order valence-electron chi connectivity index (χ3n) is 3.94. The van der Waals surface area contributed by atoms with Gasteiger partial charge in [-0.25, -0.2) is 0 Å². The standard InChI is InChI=1S/C21H17F3N2O2/c1-2-28-18-5-3-4-14(12-18)19-11-6-15(13-25-19)20(27)26-17-9-7-16(8-10-17)21(22,23)24/h3-13H,2H2,1H3,(H,26,27). The van der Waals surface area contributed by atoms with Crippen LogP contribution in [-0.4, -0.2) is 17.5 Å². The van der Waals surface area contributed by atoms with Gasteiger partial charge in [0.2, 0.25) is 0 Å². The van der Waals surface area contributed by atoms with Gasteiger partial charge in [0.25, 0.3) is 5.91 Å². The van der Waals surface area contributed by atoms with E-state index in [9.17, 15) is 18.0 Å². The minimum atomic E-state index is -4.41. The maximum absolute atomic E-state index is 12.6. The van der Waals surface area contributed by atoms with E-state index in [0.717, 1.165) is 23.4 Å². The van der Waals surface area contributed by atoms with Crippen molar-refractivity contribution in [2.45, 2.75) is 13.1 Å². The number of alkyl halides is 3. The predicted octanol–water partition coefficient (Wildman–Crippen LogP) is 5.42. The maximum atomic E-state index is 12.6. The predicted molar refractivity (Wildman–Crippen MR) is 100 cm³/mol. The van der Waals surface area contributed by atoms with Crippen LogP contribution in [0.15, 0.2) is 66.9 Å². The van der Waals surface area contributed by atoms with E-state index in [4.69, 9.17) is 4.74 Å². The summed E-state index contributed by atoms with van der Waals surface area (Å²) in [5.41, 5.74) is 1.31. The fourth-order valence-corrected chi connectivity index (χ4v) is 2.56. The summed E-state index contributed by atoms with van der Waals surface area (Å²) in [7, 11) is 0. The summed E-state index contributed by atoms with van der Waals surface area (Å²) >= 11 is 0. The van der Waals surface area contributed by atoms with Crippen LogP contribution in [0.25, 0.3) is 11.3 Å². The van der Waals surface area contributed by atoms with Crippen molar-refractivity contribution in [1.82, 2.24) is 4.98 Å². The lowest BCUT2D eigenvalue weighted by atomic mass is 10.1. The number of ether oxygens (including phenoxy) is 1. The minimum Gasteiger partial charge on any atom is -0.494 e. The molecule has 0 aliphatic rings. The van der Waals surface area contributed by atoms with Crippen LogP contribution in [-0.2, 0) is 6.18 Å². The van der Waals surface area contributed by atoms with E-state index in [1.165, 1.54) is 18.3 Å². The Morgan fingerprint density at radius 2 is 1.82 bits per heavy atom. The molecule has 1 amide bonds. The topological polar surface area (TPSA) is 51.2 Å². The first-order chi connectivity index (χ1) is 13.4. The Balaban J connectivity index is 1.71. The largest absolute Gasteiger partial charge is 0.494 e. The van der Waals surface area contributed by atoms with Crippen molar-refractivity contribution < 1.29 is 22.7 Å². The van der Waals surface area contributed by atoms with E-state index in [2.05, 4.69) is 10.3 Å². The number of rotatable bonds is 5. The molecule has 7 heteroatoms. The van der Waals surface area contributed by atoms with Crippen molar-refractivity contribution in [2.75, 3.05) is 11.9 Å². The van der Waals surface area contributed by atoms with E-state index in [0.29, 0.717) is 17.9 Å². The average Bonchev–Trinajstić information content (AvgIpc) is 2.68. The van der Waals surface area contributed by atoms with E-state index >= 15 is 0 Å². The van der Waals surface area contributed by atoms with Gasteiger partial charge in [-0.3, -0.25) is 9.78 Å². The molecule has 1 heterocycles. The lowest BCUT2D eigenvalue weighted by molar-refractivity contribution is -0.137. The monoisotopic (exact) mass is 386 g/mol. The number of nitrogens with one attached hydrogen (secondary N) is 1. The first kappa shape index (κ1) is 19.4. The van der Waals surface area contributed by atoms with Crippen molar-refractivity contribution in [2.24, 2.45) is 0 Å². The first-order valence-electron chi connectivity index (χ1n) is 8.54. The van der Waals surface area contributed by atoms with E-state index in [1.807, 2.05) is 31.2 Å². The molecule has 0 spiro atoms. The van der Waals surface area contributed by atoms with Gasteiger partial charge in [-0.05, 0) is 55.5 Å². The number of aromatic nitrogens is 1. The molecule has 0 aliphatic carbocycles. The number of carbonyl (C=O) groups excluding carboxylic acids is 1. The highest BCUT2D eigenvalue weighted by molar-refractivity contribution is 6.04. The molecule has 0 saturated heterocycles. The molecule has 0 aliphatic heterocycles. The molecular weight excluding hydrogens is 369 g/mol. The Labute approximate surface area is 160 Å². The summed E-state index contributed by atoms with van der Waals surface area (Å²) < 4.78 is 43.2. The number of benzene rings is 2. The molecule has 0 saturated carbocycles. The van der Waals surface area contributed by atoms with E-state index in [-0.39, 0.29) is 5.69 Å². The second-order valence-electron chi connectivity index (χ2n) is 5.92. The van der Waals surface area contributed by atoms with Crippen LogP contribution in [0.4, 0.5) is 18.9 Å². The highest BCUT2D eigenvalue weighted by Gasteiger charge is 2.30. The number of halogens is 3. The van der Waals surface area contributed by atoms with Gasteiger partial charge in [-0.15, -0.1) is 0 Å². The number of hydrogen-bond donors (Lipinski definition) is 1. The summed E-state index contributed by atoms with van der Waals surface area (Å²) in [6.07, 6.45) is -3.00. The third-order valence-corrected chi connectivity index (χ3v) is 3.94. The Morgan fingerprint density at radius 1 is 1.07 bits per heavy atom. The van der Waals surface area contributed by atoms with Crippen LogP contribution in [0.5, 0.6) is 5.75 Å². The second-order valence-corrected chi connectivity index (χ2v) is 5.92. The molecule has 0 bridgehead atoms. The molecule has 28 heavy (non-hydrogen) atoms. The zero-order valence-electron chi connectivity index (χ0n) is 15.0. The highest BCUT2D eigenvalue weighted by atomic mass is 19.4. The summed E-state index contributed by atoms with van der Waals surface area (Å²) in [6.45, 7) is 2.45. The molecule has 0 atom stereocenters. The molecule has 0 fully saturated rings. The average molecular weight is 386 g/mol.